The molecular formula is C59H38O. The van der Waals surface area contributed by atoms with Crippen molar-refractivity contribution in [3.05, 3.63) is 253 Å². The Balaban J connectivity index is 1.15. The molecule has 1 heterocycles. The summed E-state index contributed by atoms with van der Waals surface area (Å²) in [5.41, 5.74) is 16.1. The second-order valence-corrected chi connectivity index (χ2v) is 15.8. The Morgan fingerprint density at radius 3 is 1.35 bits per heavy atom. The summed E-state index contributed by atoms with van der Waals surface area (Å²) in [4.78, 5) is 0. The van der Waals surface area contributed by atoms with Gasteiger partial charge in [-0.25, -0.2) is 0 Å². The maximum Gasteiger partial charge on any atom is 0.140 e. The molecule has 0 radical (unpaired) electrons. The van der Waals surface area contributed by atoms with Gasteiger partial charge < -0.3 is 4.42 Å². The maximum absolute atomic E-state index is 6.87. The molecule has 1 aliphatic carbocycles. The van der Waals surface area contributed by atoms with E-state index in [1.807, 2.05) is 0 Å². The van der Waals surface area contributed by atoms with Crippen LogP contribution in [0.25, 0.3) is 88.3 Å². The number of rotatable bonds is 6. The fourth-order valence-electron chi connectivity index (χ4n) is 10.3. The first kappa shape index (κ1) is 34.3. The molecule has 11 aromatic rings. The van der Waals surface area contributed by atoms with Crippen LogP contribution in [-0.2, 0) is 5.41 Å². The summed E-state index contributed by atoms with van der Waals surface area (Å²) in [6, 6.07) is 84.1. The minimum Gasteiger partial charge on any atom is -0.456 e. The van der Waals surface area contributed by atoms with Gasteiger partial charge in [0.1, 0.15) is 11.3 Å². The minimum absolute atomic E-state index is 0.605. The average Bonchev–Trinajstić information content (AvgIpc) is 3.85. The lowest BCUT2D eigenvalue weighted by Crippen LogP contribution is -2.28. The molecule has 0 unspecified atom stereocenters. The molecule has 1 aromatic heterocycles. The molecule has 0 saturated heterocycles. The molecule has 0 N–H and O–H groups in total. The Kier molecular flexibility index (Phi) is 7.83. The Hall–Kier alpha value is -7.74. The molecule has 0 bridgehead atoms. The lowest BCUT2D eigenvalue weighted by molar-refractivity contribution is 0.628. The zero-order chi connectivity index (χ0) is 39.6. The van der Waals surface area contributed by atoms with E-state index >= 15 is 0 Å². The SMILES string of the molecule is c1ccc(-c2ccccc2-c2ccccc2-c2c3ccccc3c(-c3ccc4c(c3)C(c3ccccc3)(c3ccccc3)c3c-4oc4ccccc34)c3ccccc23)cc1. The smallest absolute Gasteiger partial charge is 0.140 e. The van der Waals surface area contributed by atoms with Gasteiger partial charge in [-0.05, 0) is 94.9 Å². The molecule has 10 aromatic carbocycles. The lowest BCUT2D eigenvalue weighted by atomic mass is 9.67. The molecule has 1 aliphatic rings. The summed E-state index contributed by atoms with van der Waals surface area (Å²) in [7, 11) is 0. The van der Waals surface area contributed by atoms with Crippen LogP contribution in [0.5, 0.6) is 0 Å². The van der Waals surface area contributed by atoms with Gasteiger partial charge in [0.05, 0.1) is 5.41 Å². The van der Waals surface area contributed by atoms with E-state index in [9.17, 15) is 0 Å². The highest BCUT2D eigenvalue weighted by Crippen LogP contribution is 2.60. The van der Waals surface area contributed by atoms with E-state index in [4.69, 9.17) is 4.42 Å². The third-order valence-corrected chi connectivity index (χ3v) is 12.8. The molecule has 12 rings (SSSR count). The monoisotopic (exact) mass is 762 g/mol. The summed E-state index contributed by atoms with van der Waals surface area (Å²) < 4.78 is 6.87. The van der Waals surface area contributed by atoms with Crippen LogP contribution >= 0.6 is 0 Å². The third kappa shape index (κ3) is 4.99. The summed E-state index contributed by atoms with van der Waals surface area (Å²) >= 11 is 0. The molecule has 0 atom stereocenters. The van der Waals surface area contributed by atoms with E-state index < -0.39 is 5.41 Å². The molecular weight excluding hydrogens is 725 g/mol. The van der Waals surface area contributed by atoms with E-state index in [0.717, 1.165) is 22.3 Å². The number of hydrogen-bond acceptors (Lipinski definition) is 1. The van der Waals surface area contributed by atoms with E-state index in [0.29, 0.717) is 0 Å². The number of benzene rings is 10. The van der Waals surface area contributed by atoms with Crippen molar-refractivity contribution in [3.63, 3.8) is 0 Å². The molecule has 0 aliphatic heterocycles. The Morgan fingerprint density at radius 1 is 0.300 bits per heavy atom. The Morgan fingerprint density at radius 2 is 0.750 bits per heavy atom. The first-order valence-electron chi connectivity index (χ1n) is 20.8. The van der Waals surface area contributed by atoms with Gasteiger partial charge in [-0.1, -0.05) is 218 Å². The van der Waals surface area contributed by atoms with Crippen LogP contribution < -0.4 is 0 Å². The molecule has 60 heavy (non-hydrogen) atoms. The second-order valence-electron chi connectivity index (χ2n) is 15.8. The van der Waals surface area contributed by atoms with Gasteiger partial charge in [0, 0.05) is 16.5 Å². The molecule has 1 heteroatoms. The highest BCUT2D eigenvalue weighted by Gasteiger charge is 2.49. The van der Waals surface area contributed by atoms with Crippen molar-refractivity contribution < 1.29 is 4.42 Å². The molecule has 1 nitrogen and oxygen atoms in total. The summed E-state index contributed by atoms with van der Waals surface area (Å²) in [6.07, 6.45) is 0. The first-order valence-corrected chi connectivity index (χ1v) is 20.8. The van der Waals surface area contributed by atoms with Crippen LogP contribution in [0.4, 0.5) is 0 Å². The average molecular weight is 763 g/mol. The normalized spacial score (nSPS) is 12.8. The van der Waals surface area contributed by atoms with Crippen molar-refractivity contribution in [2.75, 3.05) is 0 Å². The second kappa shape index (κ2) is 13.7. The van der Waals surface area contributed by atoms with Gasteiger partial charge in [0.2, 0.25) is 0 Å². The Bertz CT molecular complexity index is 3320. The minimum atomic E-state index is -0.605. The fraction of sp³-hybridized carbons (Fsp3) is 0.0169. The van der Waals surface area contributed by atoms with Gasteiger partial charge in [-0.15, -0.1) is 0 Å². The van der Waals surface area contributed by atoms with Crippen molar-refractivity contribution in [2.45, 2.75) is 5.41 Å². The molecule has 0 amide bonds. The van der Waals surface area contributed by atoms with Crippen LogP contribution in [0.1, 0.15) is 22.3 Å². The van der Waals surface area contributed by atoms with Crippen molar-refractivity contribution in [2.24, 2.45) is 0 Å². The molecule has 0 fully saturated rings. The summed E-state index contributed by atoms with van der Waals surface area (Å²) in [5, 5.41) is 6.05. The van der Waals surface area contributed by atoms with Crippen LogP contribution in [0.3, 0.4) is 0 Å². The standard InChI is InChI=1S/C59H38O/c1-4-20-39(21-5-1)43-26-10-11-27-44(43)45-28-12-13-29-46(45)56-49-32-16-14-30-47(49)55(48-31-15-17-33-50(48)56)40-36-37-51-53(38-40)59(41-22-6-2-7-23-41,42-24-8-3-9-25-42)57-52-34-18-19-35-54(52)60-58(51)57/h1-38H. The van der Waals surface area contributed by atoms with Gasteiger partial charge in [0.15, 0.2) is 0 Å². The van der Waals surface area contributed by atoms with Crippen molar-refractivity contribution >= 4 is 32.5 Å². The number of fused-ring (bicyclic) bond motifs is 7. The Labute approximate surface area is 349 Å². The van der Waals surface area contributed by atoms with E-state index in [1.54, 1.807) is 0 Å². The molecule has 0 saturated carbocycles. The topological polar surface area (TPSA) is 13.1 Å². The highest BCUT2D eigenvalue weighted by molar-refractivity contribution is 6.22. The first-order chi connectivity index (χ1) is 29.8. The number of para-hydroxylation sites is 1. The van der Waals surface area contributed by atoms with Crippen LogP contribution in [0, 0.1) is 0 Å². The maximum atomic E-state index is 6.87. The number of furan rings is 1. The molecule has 0 spiro atoms. The van der Waals surface area contributed by atoms with Gasteiger partial charge in [-0.2, -0.15) is 0 Å². The van der Waals surface area contributed by atoms with Crippen LogP contribution in [-0.4, -0.2) is 0 Å². The zero-order valence-electron chi connectivity index (χ0n) is 32.8. The third-order valence-electron chi connectivity index (χ3n) is 12.8. The highest BCUT2D eigenvalue weighted by atomic mass is 16.3. The number of hydrogen-bond donors (Lipinski definition) is 0. The summed E-state index contributed by atoms with van der Waals surface area (Å²) in [6.45, 7) is 0. The molecule has 280 valence electrons. The largest absolute Gasteiger partial charge is 0.456 e. The van der Waals surface area contributed by atoms with E-state index in [-0.39, 0.29) is 0 Å². The zero-order valence-corrected chi connectivity index (χ0v) is 32.8. The predicted octanol–water partition coefficient (Wildman–Crippen LogP) is 15.8. The van der Waals surface area contributed by atoms with Gasteiger partial charge >= 0.3 is 0 Å². The van der Waals surface area contributed by atoms with Crippen LogP contribution in [0.2, 0.25) is 0 Å². The van der Waals surface area contributed by atoms with Crippen LogP contribution in [0.15, 0.2) is 235 Å². The fourth-order valence-corrected chi connectivity index (χ4v) is 10.3. The van der Waals surface area contributed by atoms with E-state index in [1.165, 1.54) is 88.3 Å². The lowest BCUT2D eigenvalue weighted by Gasteiger charge is -2.33. The van der Waals surface area contributed by atoms with E-state index in [2.05, 4.69) is 231 Å². The summed E-state index contributed by atoms with van der Waals surface area (Å²) in [5.74, 6) is 0.947. The van der Waals surface area contributed by atoms with Crippen molar-refractivity contribution in [1.82, 2.24) is 0 Å². The van der Waals surface area contributed by atoms with Crippen molar-refractivity contribution in [1.29, 1.82) is 0 Å². The van der Waals surface area contributed by atoms with Gasteiger partial charge in [0.25, 0.3) is 0 Å². The predicted molar refractivity (Wildman–Crippen MR) is 250 cm³/mol. The quantitative estimate of drug-likeness (QED) is 0.154. The van der Waals surface area contributed by atoms with Crippen molar-refractivity contribution in [3.8, 4) is 55.8 Å². The van der Waals surface area contributed by atoms with Gasteiger partial charge in [-0.3, -0.25) is 0 Å².